The minimum Gasteiger partial charge on any atom is -0.300 e. The van der Waals surface area contributed by atoms with E-state index in [1.807, 2.05) is 6.92 Å². The zero-order valence-electron chi connectivity index (χ0n) is 7.48. The first-order chi connectivity index (χ1) is 5.77. The Morgan fingerprint density at radius 1 is 1.75 bits per heavy atom. The smallest absolute Gasteiger partial charge is 0.133 e. The molecule has 0 aromatic rings. The molecule has 0 aromatic carbocycles. The molecule has 0 bridgehead atoms. The summed E-state index contributed by atoms with van der Waals surface area (Å²) in [5.41, 5.74) is 1.37. The molecule has 1 rings (SSSR count). The van der Waals surface area contributed by atoms with Crippen LogP contribution in [0.3, 0.4) is 0 Å². The molecule has 0 aromatic heterocycles. The molecule has 68 valence electrons. The lowest BCUT2D eigenvalue weighted by molar-refractivity contribution is -0.117. The van der Waals surface area contributed by atoms with E-state index in [-0.39, 0.29) is 0 Å². The summed E-state index contributed by atoms with van der Waals surface area (Å²) >= 11 is 5.66. The van der Waals surface area contributed by atoms with Gasteiger partial charge in [0.2, 0.25) is 0 Å². The summed E-state index contributed by atoms with van der Waals surface area (Å²) in [7, 11) is 0. The molecule has 0 N–H and O–H groups in total. The lowest BCUT2D eigenvalue weighted by atomic mass is 9.95. The molecule has 1 fully saturated rings. The molecule has 0 aliphatic heterocycles. The first-order valence-electron chi connectivity index (χ1n) is 4.50. The standard InChI is InChI=1S/C10H15ClO/c1-2-8(5-6-11)9-3-4-10(12)7-9/h2,9H,3-7H2,1H3/b8-2-. The van der Waals surface area contributed by atoms with Crippen LogP contribution in [0.5, 0.6) is 0 Å². The maximum absolute atomic E-state index is 11.0. The minimum atomic E-state index is 0.411. The van der Waals surface area contributed by atoms with Gasteiger partial charge in [-0.1, -0.05) is 11.6 Å². The Hall–Kier alpha value is -0.300. The summed E-state index contributed by atoms with van der Waals surface area (Å²) in [5.74, 6) is 1.58. The Balaban J connectivity index is 2.50. The topological polar surface area (TPSA) is 17.1 Å². The summed E-state index contributed by atoms with van der Waals surface area (Å²) in [6.07, 6.45) is 5.61. The number of halogens is 1. The second kappa shape index (κ2) is 4.66. The highest BCUT2D eigenvalue weighted by Crippen LogP contribution is 2.30. The van der Waals surface area contributed by atoms with Gasteiger partial charge in [-0.15, -0.1) is 11.6 Å². The Kier molecular flexibility index (Phi) is 3.80. The highest BCUT2D eigenvalue weighted by atomic mass is 35.5. The molecule has 1 unspecified atom stereocenters. The van der Waals surface area contributed by atoms with E-state index in [1.54, 1.807) is 0 Å². The molecule has 0 amide bonds. The molecule has 1 aliphatic rings. The number of hydrogen-bond acceptors (Lipinski definition) is 1. The number of carbonyl (C=O) groups is 1. The highest BCUT2D eigenvalue weighted by Gasteiger charge is 2.24. The van der Waals surface area contributed by atoms with Gasteiger partial charge in [-0.25, -0.2) is 0 Å². The monoisotopic (exact) mass is 186 g/mol. The zero-order valence-corrected chi connectivity index (χ0v) is 8.23. The van der Waals surface area contributed by atoms with Gasteiger partial charge in [-0.3, -0.25) is 4.79 Å². The van der Waals surface area contributed by atoms with Crippen molar-refractivity contribution < 1.29 is 4.79 Å². The van der Waals surface area contributed by atoms with Crippen molar-refractivity contribution in [2.24, 2.45) is 5.92 Å². The van der Waals surface area contributed by atoms with Crippen LogP contribution in [-0.2, 0) is 4.79 Å². The number of ketones is 1. The largest absolute Gasteiger partial charge is 0.300 e. The normalized spacial score (nSPS) is 25.0. The van der Waals surface area contributed by atoms with Gasteiger partial charge < -0.3 is 0 Å². The Morgan fingerprint density at radius 2 is 2.50 bits per heavy atom. The fourth-order valence-corrected chi connectivity index (χ4v) is 2.04. The highest BCUT2D eigenvalue weighted by molar-refractivity contribution is 6.18. The Labute approximate surface area is 78.8 Å². The molecule has 1 saturated carbocycles. The van der Waals surface area contributed by atoms with E-state index in [1.165, 1.54) is 5.57 Å². The molecular formula is C10H15ClO. The minimum absolute atomic E-state index is 0.411. The fraction of sp³-hybridized carbons (Fsp3) is 0.700. The lowest BCUT2D eigenvalue weighted by Gasteiger charge is -2.11. The molecule has 1 nitrogen and oxygen atoms in total. The van der Waals surface area contributed by atoms with Gasteiger partial charge >= 0.3 is 0 Å². The van der Waals surface area contributed by atoms with Crippen LogP contribution >= 0.6 is 11.6 Å². The van der Waals surface area contributed by atoms with Crippen LogP contribution in [0.2, 0.25) is 0 Å². The molecule has 2 heteroatoms. The van der Waals surface area contributed by atoms with Crippen molar-refractivity contribution in [2.75, 3.05) is 5.88 Å². The number of Topliss-reactive ketones (excluding diaryl/α,β-unsaturated/α-hetero) is 1. The number of carbonyl (C=O) groups excluding carboxylic acids is 1. The third kappa shape index (κ3) is 2.34. The average molecular weight is 187 g/mol. The maximum atomic E-state index is 11.0. The molecule has 0 heterocycles. The Bertz CT molecular complexity index is 196. The van der Waals surface area contributed by atoms with Gasteiger partial charge in [-0.05, 0) is 25.7 Å². The number of allylic oxidation sites excluding steroid dienone is 2. The van der Waals surface area contributed by atoms with E-state index in [9.17, 15) is 4.79 Å². The van der Waals surface area contributed by atoms with Gasteiger partial charge in [0.25, 0.3) is 0 Å². The van der Waals surface area contributed by atoms with Crippen molar-refractivity contribution in [3.63, 3.8) is 0 Å². The van der Waals surface area contributed by atoms with E-state index >= 15 is 0 Å². The lowest BCUT2D eigenvalue weighted by Crippen LogP contribution is -2.00. The van der Waals surface area contributed by atoms with Crippen LogP contribution < -0.4 is 0 Å². The predicted molar refractivity (Wildman–Crippen MR) is 51.4 cm³/mol. The van der Waals surface area contributed by atoms with Crippen molar-refractivity contribution in [1.29, 1.82) is 0 Å². The summed E-state index contributed by atoms with van der Waals surface area (Å²) in [6.45, 7) is 2.03. The van der Waals surface area contributed by atoms with Crippen LogP contribution in [0, 0.1) is 5.92 Å². The number of hydrogen-bond donors (Lipinski definition) is 0. The van der Waals surface area contributed by atoms with Gasteiger partial charge in [0.15, 0.2) is 0 Å². The van der Waals surface area contributed by atoms with Gasteiger partial charge in [0.1, 0.15) is 5.78 Å². The number of alkyl halides is 1. The molecule has 0 spiro atoms. The van der Waals surface area contributed by atoms with E-state index < -0.39 is 0 Å². The van der Waals surface area contributed by atoms with Crippen molar-refractivity contribution in [1.82, 2.24) is 0 Å². The van der Waals surface area contributed by atoms with E-state index in [0.717, 1.165) is 25.7 Å². The Morgan fingerprint density at radius 3 is 2.92 bits per heavy atom. The molecular weight excluding hydrogens is 172 g/mol. The predicted octanol–water partition coefficient (Wildman–Crippen LogP) is 2.93. The van der Waals surface area contributed by atoms with Gasteiger partial charge in [0, 0.05) is 18.7 Å². The third-order valence-corrected chi connectivity index (χ3v) is 2.71. The second-order valence-electron chi connectivity index (χ2n) is 3.28. The van der Waals surface area contributed by atoms with Crippen LogP contribution in [0.4, 0.5) is 0 Å². The fourth-order valence-electron chi connectivity index (χ4n) is 1.82. The maximum Gasteiger partial charge on any atom is 0.133 e. The van der Waals surface area contributed by atoms with Crippen LogP contribution in [0.1, 0.15) is 32.6 Å². The molecule has 12 heavy (non-hydrogen) atoms. The van der Waals surface area contributed by atoms with E-state index in [0.29, 0.717) is 17.6 Å². The van der Waals surface area contributed by atoms with Crippen molar-refractivity contribution in [3.05, 3.63) is 11.6 Å². The van der Waals surface area contributed by atoms with Crippen molar-refractivity contribution in [3.8, 4) is 0 Å². The van der Waals surface area contributed by atoms with Crippen molar-refractivity contribution in [2.45, 2.75) is 32.6 Å². The van der Waals surface area contributed by atoms with Gasteiger partial charge in [-0.2, -0.15) is 0 Å². The summed E-state index contributed by atoms with van der Waals surface area (Å²) in [5, 5.41) is 0. The zero-order chi connectivity index (χ0) is 8.97. The average Bonchev–Trinajstić information content (AvgIpc) is 2.47. The van der Waals surface area contributed by atoms with Gasteiger partial charge in [0.05, 0.1) is 0 Å². The SMILES string of the molecule is C/C=C(/CCCl)C1CCC(=O)C1. The first-order valence-corrected chi connectivity index (χ1v) is 5.04. The third-order valence-electron chi connectivity index (χ3n) is 2.52. The molecule has 0 radical (unpaired) electrons. The number of rotatable bonds is 3. The second-order valence-corrected chi connectivity index (χ2v) is 3.66. The summed E-state index contributed by atoms with van der Waals surface area (Å²) in [4.78, 5) is 11.0. The molecule has 1 aliphatic carbocycles. The quantitative estimate of drug-likeness (QED) is 0.489. The van der Waals surface area contributed by atoms with Crippen LogP contribution in [0.25, 0.3) is 0 Å². The van der Waals surface area contributed by atoms with Crippen molar-refractivity contribution >= 4 is 17.4 Å². The van der Waals surface area contributed by atoms with E-state index in [2.05, 4.69) is 6.08 Å². The van der Waals surface area contributed by atoms with Crippen LogP contribution in [0.15, 0.2) is 11.6 Å². The molecule has 0 saturated heterocycles. The molecule has 1 atom stereocenters. The first kappa shape index (κ1) is 9.79. The van der Waals surface area contributed by atoms with E-state index in [4.69, 9.17) is 11.6 Å². The summed E-state index contributed by atoms with van der Waals surface area (Å²) in [6, 6.07) is 0. The summed E-state index contributed by atoms with van der Waals surface area (Å²) < 4.78 is 0. The van der Waals surface area contributed by atoms with Crippen LogP contribution in [-0.4, -0.2) is 11.7 Å².